The summed E-state index contributed by atoms with van der Waals surface area (Å²) < 4.78 is 0. The third-order valence-electron chi connectivity index (χ3n) is 8.19. The minimum atomic E-state index is 0.294. The molecule has 1 heteroatoms. The van der Waals surface area contributed by atoms with Gasteiger partial charge in [-0.25, -0.2) is 0 Å². The smallest absolute Gasteiger partial charge is 0.0662 e. The first-order valence-electron chi connectivity index (χ1n) is 9.03. The van der Waals surface area contributed by atoms with Gasteiger partial charge in [-0.15, -0.1) is 0 Å². The van der Waals surface area contributed by atoms with E-state index < -0.39 is 0 Å². The van der Waals surface area contributed by atoms with Gasteiger partial charge in [0.2, 0.25) is 0 Å². The zero-order valence-electron chi connectivity index (χ0n) is 13.9. The van der Waals surface area contributed by atoms with Crippen LogP contribution in [0.2, 0.25) is 0 Å². The van der Waals surface area contributed by atoms with E-state index in [1.165, 1.54) is 38.5 Å². The molecule has 1 unspecified atom stereocenters. The van der Waals surface area contributed by atoms with Crippen LogP contribution in [0.15, 0.2) is 12.2 Å². The van der Waals surface area contributed by atoms with E-state index in [-0.39, 0.29) is 0 Å². The molecule has 3 saturated carbocycles. The summed E-state index contributed by atoms with van der Waals surface area (Å²) in [7, 11) is 0. The van der Waals surface area contributed by atoms with E-state index in [1.807, 2.05) is 0 Å². The van der Waals surface area contributed by atoms with Crippen molar-refractivity contribution < 1.29 is 0 Å². The van der Waals surface area contributed by atoms with Gasteiger partial charge in [0.1, 0.15) is 0 Å². The number of fused-ring (bicyclic) bond motifs is 2. The Labute approximate surface area is 129 Å². The van der Waals surface area contributed by atoms with E-state index in [4.69, 9.17) is 0 Å². The van der Waals surface area contributed by atoms with Gasteiger partial charge in [0.25, 0.3) is 0 Å². The normalized spacial score (nSPS) is 53.6. The van der Waals surface area contributed by atoms with Gasteiger partial charge in [-0.2, -0.15) is 5.26 Å². The number of allylic oxidation sites excluding steroid dienone is 2. The average molecular weight is 283 g/mol. The maximum absolute atomic E-state index is 9.50. The number of hydrogen-bond donors (Lipinski definition) is 0. The Morgan fingerprint density at radius 3 is 2.48 bits per heavy atom. The summed E-state index contributed by atoms with van der Waals surface area (Å²) >= 11 is 0. The summed E-state index contributed by atoms with van der Waals surface area (Å²) in [5.41, 5.74) is 1.43. The zero-order chi connectivity index (χ0) is 14.9. The van der Waals surface area contributed by atoms with Crippen molar-refractivity contribution in [1.82, 2.24) is 0 Å². The van der Waals surface area contributed by atoms with Crippen LogP contribution in [0.4, 0.5) is 0 Å². The Morgan fingerprint density at radius 1 is 1.00 bits per heavy atom. The second-order valence-electron chi connectivity index (χ2n) is 9.30. The highest BCUT2D eigenvalue weighted by molar-refractivity contribution is 5.29. The lowest BCUT2D eigenvalue weighted by atomic mass is 9.36. The van der Waals surface area contributed by atoms with Gasteiger partial charge in [0.05, 0.1) is 12.0 Å². The third kappa shape index (κ3) is 1.57. The van der Waals surface area contributed by atoms with Gasteiger partial charge < -0.3 is 0 Å². The van der Waals surface area contributed by atoms with Crippen molar-refractivity contribution in [3.8, 4) is 6.07 Å². The highest BCUT2D eigenvalue weighted by atomic mass is 14.7. The van der Waals surface area contributed by atoms with Crippen molar-refractivity contribution in [3.05, 3.63) is 12.2 Å². The van der Waals surface area contributed by atoms with Crippen LogP contribution in [0.5, 0.6) is 0 Å². The van der Waals surface area contributed by atoms with Gasteiger partial charge in [-0.05, 0) is 66.6 Å². The molecule has 0 amide bonds. The van der Waals surface area contributed by atoms with Crippen molar-refractivity contribution in [2.75, 3.05) is 0 Å². The molecule has 4 rings (SSSR count). The summed E-state index contributed by atoms with van der Waals surface area (Å²) in [5.74, 6) is 2.60. The van der Waals surface area contributed by atoms with Crippen molar-refractivity contribution in [2.24, 2.45) is 39.9 Å². The molecule has 1 spiro atoms. The number of rotatable bonds is 0. The Balaban J connectivity index is 1.74. The molecule has 21 heavy (non-hydrogen) atoms. The fourth-order valence-electron chi connectivity index (χ4n) is 7.32. The molecule has 6 atom stereocenters. The monoisotopic (exact) mass is 283 g/mol. The van der Waals surface area contributed by atoms with Crippen molar-refractivity contribution >= 4 is 0 Å². The van der Waals surface area contributed by atoms with E-state index in [1.54, 1.807) is 0 Å². The Hall–Kier alpha value is -0.770. The maximum atomic E-state index is 9.50. The van der Waals surface area contributed by atoms with Crippen LogP contribution in [0.25, 0.3) is 0 Å². The van der Waals surface area contributed by atoms with Crippen molar-refractivity contribution in [2.45, 2.75) is 65.7 Å². The lowest BCUT2D eigenvalue weighted by molar-refractivity contribution is -0.158. The molecule has 0 N–H and O–H groups in total. The Kier molecular flexibility index (Phi) is 2.74. The van der Waals surface area contributed by atoms with E-state index in [0.717, 1.165) is 18.3 Å². The maximum Gasteiger partial charge on any atom is 0.0662 e. The first-order valence-corrected chi connectivity index (χ1v) is 9.03. The summed E-state index contributed by atoms with van der Waals surface area (Å²) in [4.78, 5) is 0. The molecule has 114 valence electrons. The van der Waals surface area contributed by atoms with Crippen LogP contribution in [-0.2, 0) is 0 Å². The molecule has 0 aliphatic heterocycles. The number of nitrogens with zero attached hydrogens (tertiary/aromatic N) is 1. The van der Waals surface area contributed by atoms with Crippen LogP contribution in [0, 0.1) is 51.2 Å². The fraction of sp³-hybridized carbons (Fsp3) is 0.850. The molecule has 3 fully saturated rings. The quantitative estimate of drug-likeness (QED) is 0.551. The van der Waals surface area contributed by atoms with Gasteiger partial charge in [0, 0.05) is 5.92 Å². The standard InChI is InChI=1S/C20H29N/c1-18(2)9-4-10-19(3)16(18)8-12-20-11-7-15(20)14(13-21)5-6-17(19)20/h7,11,14-17H,4-6,8-10,12H2,1-3H3/t14?,15-,16+,17-,19+,20+/m1/s1. The van der Waals surface area contributed by atoms with Gasteiger partial charge >= 0.3 is 0 Å². The molecule has 0 bridgehead atoms. The highest BCUT2D eigenvalue weighted by Gasteiger charge is 2.64. The third-order valence-corrected chi connectivity index (χ3v) is 8.19. The first-order chi connectivity index (χ1) is 9.94. The average Bonchev–Trinajstić information content (AvgIpc) is 2.40. The molecule has 0 saturated heterocycles. The predicted molar refractivity (Wildman–Crippen MR) is 85.4 cm³/mol. The fourth-order valence-corrected chi connectivity index (χ4v) is 7.32. The largest absolute Gasteiger partial charge is 0.198 e. The van der Waals surface area contributed by atoms with Crippen LogP contribution < -0.4 is 0 Å². The van der Waals surface area contributed by atoms with E-state index in [2.05, 4.69) is 39.0 Å². The summed E-state index contributed by atoms with van der Waals surface area (Å²) in [6.07, 6.45) is 14.3. The second kappa shape index (κ2) is 4.15. The molecule has 4 aliphatic rings. The first kappa shape index (κ1) is 13.9. The highest BCUT2D eigenvalue weighted by Crippen LogP contribution is 2.71. The molecule has 0 radical (unpaired) electrons. The van der Waals surface area contributed by atoms with Gasteiger partial charge in [-0.3, -0.25) is 0 Å². The van der Waals surface area contributed by atoms with Crippen LogP contribution in [0.1, 0.15) is 65.7 Å². The molecular weight excluding hydrogens is 254 g/mol. The topological polar surface area (TPSA) is 23.8 Å². The van der Waals surface area contributed by atoms with E-state index in [9.17, 15) is 5.26 Å². The lowest BCUT2D eigenvalue weighted by Crippen LogP contribution is -2.61. The molecule has 0 heterocycles. The number of nitriles is 1. The molecule has 1 nitrogen and oxygen atoms in total. The van der Waals surface area contributed by atoms with Crippen LogP contribution in [-0.4, -0.2) is 0 Å². The number of hydrogen-bond acceptors (Lipinski definition) is 1. The molecule has 0 aromatic rings. The Morgan fingerprint density at radius 2 is 1.81 bits per heavy atom. The van der Waals surface area contributed by atoms with Crippen LogP contribution in [0.3, 0.4) is 0 Å². The lowest BCUT2D eigenvalue weighted by Gasteiger charge is -2.68. The van der Waals surface area contributed by atoms with Crippen molar-refractivity contribution in [1.29, 1.82) is 5.26 Å². The minimum Gasteiger partial charge on any atom is -0.198 e. The SMILES string of the molecule is CC1(C)CCC[C@]2(C)[C@H]3CCC(C#N)[C@H]4C=C[C@]43CC[C@@H]12. The van der Waals surface area contributed by atoms with Gasteiger partial charge in [-0.1, -0.05) is 39.3 Å². The molecule has 4 aliphatic carbocycles. The zero-order valence-corrected chi connectivity index (χ0v) is 13.9. The van der Waals surface area contributed by atoms with Crippen LogP contribution >= 0.6 is 0 Å². The second-order valence-corrected chi connectivity index (χ2v) is 9.30. The predicted octanol–water partition coefficient (Wildman–Crippen LogP) is 5.33. The molecule has 0 aromatic heterocycles. The van der Waals surface area contributed by atoms with Crippen molar-refractivity contribution in [3.63, 3.8) is 0 Å². The Bertz CT molecular complexity index is 524. The van der Waals surface area contributed by atoms with E-state index in [0.29, 0.717) is 28.1 Å². The molecule has 0 aromatic carbocycles. The summed E-state index contributed by atoms with van der Waals surface area (Å²) in [6.45, 7) is 7.64. The summed E-state index contributed by atoms with van der Waals surface area (Å²) in [5, 5.41) is 9.50. The molecular formula is C20H29N. The minimum absolute atomic E-state index is 0.294. The summed E-state index contributed by atoms with van der Waals surface area (Å²) in [6, 6.07) is 2.61. The van der Waals surface area contributed by atoms with E-state index >= 15 is 0 Å². The van der Waals surface area contributed by atoms with Gasteiger partial charge in [0.15, 0.2) is 0 Å².